The smallest absolute Gasteiger partial charge is 0.251 e. The zero-order valence-electron chi connectivity index (χ0n) is 36.7. The summed E-state index contributed by atoms with van der Waals surface area (Å²) in [5, 5.41) is 10.8. The van der Waals surface area contributed by atoms with Gasteiger partial charge in [-0.15, -0.1) is 0 Å². The van der Waals surface area contributed by atoms with Crippen molar-refractivity contribution in [1.82, 2.24) is 60.5 Å². The fourth-order valence-electron chi connectivity index (χ4n) is 6.51. The first-order valence-corrected chi connectivity index (χ1v) is 20.4. The van der Waals surface area contributed by atoms with Gasteiger partial charge in [0, 0.05) is 97.8 Å². The monoisotopic (exact) mass is 930 g/mol. The third kappa shape index (κ3) is 12.9. The van der Waals surface area contributed by atoms with Gasteiger partial charge in [0.1, 0.15) is 35.3 Å². The highest BCUT2D eigenvalue weighted by molar-refractivity contribution is 7.59. The molecule has 2 amide bonds. The van der Waals surface area contributed by atoms with E-state index in [1.807, 2.05) is 56.3 Å². The van der Waals surface area contributed by atoms with Crippen LogP contribution in [0.1, 0.15) is 69.2 Å². The predicted molar refractivity (Wildman–Crippen MR) is 266 cm³/mol. The van der Waals surface area contributed by atoms with E-state index in [-0.39, 0.29) is 50.6 Å². The van der Waals surface area contributed by atoms with E-state index in [1.165, 1.54) is 12.7 Å². The van der Waals surface area contributed by atoms with E-state index in [2.05, 4.69) is 79.6 Å². The minimum absolute atomic E-state index is 0. The lowest BCUT2D eigenvalue weighted by Gasteiger charge is -2.16. The molecule has 5 N–H and O–H groups in total. The number of hydrogen-bond acceptors (Lipinski definition) is 14. The first-order valence-electron chi connectivity index (χ1n) is 20.0. The van der Waals surface area contributed by atoms with Gasteiger partial charge in [-0.3, -0.25) is 19.6 Å². The number of aryl methyl sites for hydroxylation is 2. The van der Waals surface area contributed by atoms with Crippen molar-refractivity contribution in [2.45, 2.75) is 39.5 Å². The lowest BCUT2D eigenvalue weighted by atomic mass is 9.96. The number of carbonyl (C=O) groups is 2. The Morgan fingerprint density at radius 3 is 1.54 bits per heavy atom. The fourth-order valence-corrected chi connectivity index (χ4v) is 6.65. The average molecular weight is 932 g/mol. The lowest BCUT2D eigenvalue weighted by Crippen LogP contribution is -2.18. The number of nitrogens with two attached hydrogens (primary N) is 1. The van der Waals surface area contributed by atoms with Crippen molar-refractivity contribution in [3.8, 4) is 22.5 Å². The second-order valence-corrected chi connectivity index (χ2v) is 14.7. The van der Waals surface area contributed by atoms with Crippen molar-refractivity contribution in [2.75, 3.05) is 32.5 Å². The Balaban J connectivity index is 0.000000231. The Morgan fingerprint density at radius 2 is 1.08 bits per heavy atom. The molecular formula is C46H51ClN14O2S2. The maximum Gasteiger partial charge on any atom is 0.251 e. The topological polar surface area (TPSA) is 225 Å². The number of anilines is 1. The van der Waals surface area contributed by atoms with Gasteiger partial charge < -0.3 is 21.7 Å². The number of halogens is 1. The number of fused-ring (bicyclic) bond motifs is 2. The summed E-state index contributed by atoms with van der Waals surface area (Å²) in [5.74, 6) is 2.31. The summed E-state index contributed by atoms with van der Waals surface area (Å²) in [5.41, 5.74) is 14.0. The number of nitrogens with one attached hydrogen (secondary N) is 3. The fraction of sp³-hybridized carbons (Fsp3) is 0.217. The van der Waals surface area contributed by atoms with Gasteiger partial charge in [-0.2, -0.15) is 27.0 Å². The summed E-state index contributed by atoms with van der Waals surface area (Å²) in [6.07, 6.45) is 13.2. The first kappa shape index (κ1) is 50.9. The number of aromatic nitrogens is 10. The van der Waals surface area contributed by atoms with Crippen LogP contribution in [0.15, 0.2) is 110 Å². The molecule has 2 aromatic carbocycles. The van der Waals surface area contributed by atoms with Gasteiger partial charge >= 0.3 is 0 Å². The molecule has 0 radical (unpaired) electrons. The van der Waals surface area contributed by atoms with Crippen molar-refractivity contribution in [1.29, 1.82) is 0 Å². The highest BCUT2D eigenvalue weighted by Crippen LogP contribution is 2.28. The number of benzene rings is 2. The molecule has 0 unspecified atom stereocenters. The Kier molecular flexibility index (Phi) is 19.1. The summed E-state index contributed by atoms with van der Waals surface area (Å²) in [7, 11) is 3.25. The quantitative estimate of drug-likeness (QED) is 0.100. The minimum atomic E-state index is -0.121. The molecule has 0 bridgehead atoms. The van der Waals surface area contributed by atoms with Crippen LogP contribution in [0.2, 0.25) is 5.15 Å². The zero-order valence-corrected chi connectivity index (χ0v) is 39.5. The number of carbonyl (C=O) groups excluding carboxylic acids is 2. The van der Waals surface area contributed by atoms with E-state index in [1.54, 1.807) is 69.5 Å². The molecule has 0 aliphatic carbocycles. The highest BCUT2D eigenvalue weighted by atomic mass is 35.5. The summed E-state index contributed by atoms with van der Waals surface area (Å²) < 4.78 is 0. The molecule has 0 saturated heterocycles. The van der Waals surface area contributed by atoms with Gasteiger partial charge in [0.2, 0.25) is 0 Å². The molecule has 19 heteroatoms. The van der Waals surface area contributed by atoms with Gasteiger partial charge in [0.05, 0.1) is 33.5 Å². The Labute approximate surface area is 396 Å². The van der Waals surface area contributed by atoms with Gasteiger partial charge in [-0.05, 0) is 49.6 Å². The van der Waals surface area contributed by atoms with Crippen LogP contribution in [0, 0.1) is 13.8 Å². The number of hydrogen-bond donors (Lipinski definition) is 4. The largest absolute Gasteiger partial charge is 0.369 e. The summed E-state index contributed by atoms with van der Waals surface area (Å²) >= 11 is 5.73. The van der Waals surface area contributed by atoms with E-state index in [9.17, 15) is 9.59 Å². The van der Waals surface area contributed by atoms with Crippen LogP contribution in [-0.4, -0.2) is 88.8 Å². The van der Waals surface area contributed by atoms with Crippen molar-refractivity contribution >= 4 is 78.0 Å². The maximum absolute atomic E-state index is 12.2. The van der Waals surface area contributed by atoms with Crippen molar-refractivity contribution in [3.63, 3.8) is 0 Å². The molecule has 336 valence electrons. The van der Waals surface area contributed by atoms with Crippen LogP contribution in [0.25, 0.3) is 44.3 Å². The summed E-state index contributed by atoms with van der Waals surface area (Å²) in [6.45, 7) is 9.06. The van der Waals surface area contributed by atoms with E-state index >= 15 is 0 Å². The molecule has 6 heterocycles. The average Bonchev–Trinajstić information content (AvgIpc) is 3.32. The van der Waals surface area contributed by atoms with Crippen molar-refractivity contribution in [2.24, 2.45) is 5.73 Å². The van der Waals surface area contributed by atoms with Crippen LogP contribution >= 0.6 is 38.6 Å². The second kappa shape index (κ2) is 24.4. The van der Waals surface area contributed by atoms with Crippen LogP contribution in [0.4, 0.5) is 5.82 Å². The van der Waals surface area contributed by atoms with Crippen molar-refractivity contribution in [3.05, 3.63) is 150 Å². The molecule has 0 aliphatic rings. The maximum atomic E-state index is 12.2. The van der Waals surface area contributed by atoms with Crippen LogP contribution < -0.4 is 21.7 Å². The van der Waals surface area contributed by atoms with E-state index < -0.39 is 0 Å². The zero-order chi connectivity index (χ0) is 44.9. The summed E-state index contributed by atoms with van der Waals surface area (Å²) in [6, 6.07) is 18.8. The molecule has 8 aromatic rings. The van der Waals surface area contributed by atoms with Crippen LogP contribution in [-0.2, 0) is 0 Å². The molecule has 65 heavy (non-hydrogen) atoms. The summed E-state index contributed by atoms with van der Waals surface area (Å²) in [4.78, 5) is 66.1. The molecule has 16 nitrogen and oxygen atoms in total. The number of pyridine rings is 2. The van der Waals surface area contributed by atoms with Crippen LogP contribution in [0.5, 0.6) is 0 Å². The van der Waals surface area contributed by atoms with Gasteiger partial charge in [-0.25, -0.2) is 39.9 Å². The lowest BCUT2D eigenvalue weighted by molar-refractivity contribution is 0.0956. The number of para-hydroxylation sites is 2. The van der Waals surface area contributed by atoms with Crippen LogP contribution in [0.3, 0.4) is 0 Å². The first-order chi connectivity index (χ1) is 30.5. The van der Waals surface area contributed by atoms with E-state index in [4.69, 9.17) is 17.3 Å². The Bertz CT molecular complexity index is 2840. The molecule has 0 fully saturated rings. The molecule has 8 rings (SSSR count). The second-order valence-electron chi connectivity index (χ2n) is 14.3. The minimum Gasteiger partial charge on any atom is -0.369 e. The van der Waals surface area contributed by atoms with E-state index in [0.29, 0.717) is 35.2 Å². The number of rotatable bonds is 10. The SMILES string of the molecule is CNC(=O)c1ccnc2c([C@H](C)CN)cccc12.CNC(=O)c1ccnc2c([C@H](C)CNc3cc(-c4cnc(C)nc4)ncn3)cccc12.Cc1ncc(-c2cc(Cl)ncn2)cn1.S.S. The third-order valence-corrected chi connectivity index (χ3v) is 10.2. The molecule has 6 aromatic heterocycles. The van der Waals surface area contributed by atoms with Gasteiger partial charge in [0.25, 0.3) is 11.8 Å². The van der Waals surface area contributed by atoms with Gasteiger partial charge in [-0.1, -0.05) is 61.8 Å². The normalized spacial score (nSPS) is 11.3. The predicted octanol–water partition coefficient (Wildman–Crippen LogP) is 7.14. The molecule has 0 spiro atoms. The molecular weight excluding hydrogens is 880 g/mol. The number of amides is 2. The Hall–Kier alpha value is -6.73. The Morgan fingerprint density at radius 1 is 0.615 bits per heavy atom. The molecule has 2 atom stereocenters. The third-order valence-electron chi connectivity index (χ3n) is 10.0. The molecule has 0 aliphatic heterocycles. The van der Waals surface area contributed by atoms with Gasteiger partial charge in [0.15, 0.2) is 0 Å². The highest BCUT2D eigenvalue weighted by Gasteiger charge is 2.16. The van der Waals surface area contributed by atoms with E-state index in [0.717, 1.165) is 67.1 Å². The van der Waals surface area contributed by atoms with Crippen molar-refractivity contribution < 1.29 is 9.59 Å². The standard InChI is InChI=1S/C23H23N7O.C14H17N3O.C9H7ClN4.2H2S/c1-14(17-5-4-6-18-19(23(31)24-3)7-8-25-22(17)18)10-28-21-9-20(29-13-30-21)16-11-26-15(2)27-12-16;1-9(8-15)10-4-3-5-11-12(14(18)16-2)6-7-17-13(10)11;1-6-11-3-7(4-12-6)8-2-9(10)14-5-13-8;;/h4-9,11-14H,10H2,1-3H3,(H,24,31)(H,28,29,30);3-7,9H,8,15H2,1-2H3,(H,16,18);2-5H,1H3;2*1H2/t14-;9-;;;/m11.../s1. The number of nitrogens with zero attached hydrogens (tertiary/aromatic N) is 10. The molecule has 0 saturated carbocycles.